The lowest BCUT2D eigenvalue weighted by molar-refractivity contribution is -0.132. The van der Waals surface area contributed by atoms with Crippen molar-refractivity contribution in [3.05, 3.63) is 82.9 Å². The summed E-state index contributed by atoms with van der Waals surface area (Å²) in [5.74, 6) is 0.374. The van der Waals surface area contributed by atoms with Crippen LogP contribution in [0.3, 0.4) is 0 Å². The highest BCUT2D eigenvalue weighted by Gasteiger charge is 2.48. The van der Waals surface area contributed by atoms with Crippen LogP contribution in [0.25, 0.3) is 16.0 Å². The molecule has 210 valence electrons. The maximum absolute atomic E-state index is 13.6. The van der Waals surface area contributed by atoms with Gasteiger partial charge in [0.05, 0.1) is 35.5 Å². The third-order valence-corrected chi connectivity index (χ3v) is 8.38. The largest absolute Gasteiger partial charge is 0.507 e. The van der Waals surface area contributed by atoms with Gasteiger partial charge in [-0.2, -0.15) is 0 Å². The van der Waals surface area contributed by atoms with Crippen LogP contribution in [0, 0.1) is 0 Å². The fraction of sp³-hybridized carbons (Fsp3) is 0.281. The maximum Gasteiger partial charge on any atom is 0.301 e. The molecule has 8 nitrogen and oxygen atoms in total. The van der Waals surface area contributed by atoms with Crippen molar-refractivity contribution in [1.29, 1.82) is 0 Å². The third-order valence-electron chi connectivity index (χ3n) is 7.37. The maximum atomic E-state index is 13.6. The molecule has 2 aliphatic heterocycles. The molecule has 0 spiro atoms. The Morgan fingerprint density at radius 2 is 1.88 bits per heavy atom. The van der Waals surface area contributed by atoms with Gasteiger partial charge in [0.25, 0.3) is 5.78 Å². The van der Waals surface area contributed by atoms with E-state index in [1.165, 1.54) is 16.2 Å². The number of hydrogen-bond acceptors (Lipinski definition) is 8. The minimum atomic E-state index is -0.884. The fourth-order valence-corrected chi connectivity index (χ4v) is 6.29. The molecule has 0 bridgehead atoms. The van der Waals surface area contributed by atoms with Gasteiger partial charge in [-0.15, -0.1) is 0 Å². The van der Waals surface area contributed by atoms with Crippen LogP contribution in [0.1, 0.15) is 49.4 Å². The summed E-state index contributed by atoms with van der Waals surface area (Å²) in [6.45, 7) is 4.68. The number of rotatable bonds is 8. The molecule has 6 rings (SSSR count). The summed E-state index contributed by atoms with van der Waals surface area (Å²) in [4.78, 5) is 33.3. The van der Waals surface area contributed by atoms with Crippen molar-refractivity contribution in [2.24, 2.45) is 0 Å². The number of ketones is 1. The molecule has 0 unspecified atom stereocenters. The fourth-order valence-electron chi connectivity index (χ4n) is 5.27. The second-order valence-electron chi connectivity index (χ2n) is 10.2. The van der Waals surface area contributed by atoms with Crippen LogP contribution >= 0.6 is 11.3 Å². The molecule has 2 atom stereocenters. The molecule has 3 heterocycles. The van der Waals surface area contributed by atoms with Gasteiger partial charge < -0.3 is 19.3 Å². The molecule has 1 saturated heterocycles. The molecule has 41 heavy (non-hydrogen) atoms. The molecule has 0 saturated carbocycles. The van der Waals surface area contributed by atoms with Gasteiger partial charge in [0.15, 0.2) is 5.13 Å². The topological polar surface area (TPSA) is 98.2 Å². The van der Waals surface area contributed by atoms with Crippen molar-refractivity contribution >= 4 is 44.1 Å². The zero-order valence-electron chi connectivity index (χ0n) is 23.0. The van der Waals surface area contributed by atoms with E-state index < -0.39 is 17.7 Å². The summed E-state index contributed by atoms with van der Waals surface area (Å²) in [6.07, 6.45) is 2.69. The van der Waals surface area contributed by atoms with Gasteiger partial charge in [0.1, 0.15) is 29.1 Å². The van der Waals surface area contributed by atoms with Crippen LogP contribution in [0.15, 0.2) is 66.2 Å². The summed E-state index contributed by atoms with van der Waals surface area (Å²) in [6, 6.07) is 17.2. The predicted molar refractivity (Wildman–Crippen MR) is 158 cm³/mol. The van der Waals surface area contributed by atoms with E-state index in [1.807, 2.05) is 49.4 Å². The van der Waals surface area contributed by atoms with E-state index >= 15 is 0 Å². The molecular weight excluding hydrogens is 540 g/mol. The molecule has 0 radical (unpaired) electrons. The minimum Gasteiger partial charge on any atom is -0.507 e. The zero-order valence-corrected chi connectivity index (χ0v) is 23.9. The number of amides is 1. The number of aliphatic hydroxyl groups excluding tert-OH is 1. The lowest BCUT2D eigenvalue weighted by Gasteiger charge is -2.23. The van der Waals surface area contributed by atoms with Gasteiger partial charge in [-0.05, 0) is 73.0 Å². The van der Waals surface area contributed by atoms with Crippen molar-refractivity contribution in [2.45, 2.75) is 45.3 Å². The second kappa shape index (κ2) is 10.9. The monoisotopic (exact) mass is 570 g/mol. The number of nitrogens with zero attached hydrogens (tertiary/aromatic N) is 2. The molecule has 2 aliphatic rings. The first kappa shape index (κ1) is 26.8. The number of aliphatic hydroxyl groups is 1. The molecule has 9 heteroatoms. The Morgan fingerprint density at radius 1 is 1.10 bits per heavy atom. The third kappa shape index (κ3) is 4.91. The number of carbonyl (C=O) groups excluding carboxylic acids is 2. The number of thiazole rings is 1. The quantitative estimate of drug-likeness (QED) is 0.113. The van der Waals surface area contributed by atoms with Gasteiger partial charge in [0, 0.05) is 12.0 Å². The van der Waals surface area contributed by atoms with Crippen LogP contribution in [0.5, 0.6) is 17.2 Å². The molecule has 4 aromatic rings. The van der Waals surface area contributed by atoms with Crippen molar-refractivity contribution < 1.29 is 28.9 Å². The van der Waals surface area contributed by atoms with E-state index in [2.05, 4.69) is 6.92 Å². The molecule has 3 aromatic carbocycles. The molecule has 1 N–H and O–H groups in total. The zero-order chi connectivity index (χ0) is 28.7. The van der Waals surface area contributed by atoms with Crippen LogP contribution in [0.4, 0.5) is 5.13 Å². The van der Waals surface area contributed by atoms with Crippen molar-refractivity contribution in [1.82, 2.24) is 4.98 Å². The van der Waals surface area contributed by atoms with Crippen LogP contribution in [0.2, 0.25) is 0 Å². The number of hydrogen-bond donors (Lipinski definition) is 1. The first-order chi connectivity index (χ1) is 19.9. The molecule has 1 amide bonds. The van der Waals surface area contributed by atoms with Gasteiger partial charge in [0.2, 0.25) is 0 Å². The summed E-state index contributed by atoms with van der Waals surface area (Å²) in [5.41, 5.74) is 2.75. The number of benzene rings is 3. The number of carbonyl (C=O) groups is 2. The lowest BCUT2D eigenvalue weighted by Crippen LogP contribution is -2.29. The Hall–Kier alpha value is -4.37. The molecule has 0 aliphatic carbocycles. The summed E-state index contributed by atoms with van der Waals surface area (Å²) in [5, 5.41) is 11.9. The molecule has 1 aromatic heterocycles. The minimum absolute atomic E-state index is 0.0124. The van der Waals surface area contributed by atoms with Crippen LogP contribution in [-0.2, 0) is 16.0 Å². The average Bonchev–Trinajstić information content (AvgIpc) is 3.64. The number of Topliss-reactive ketones (excluding diaryl/α,β-unsaturated/α-hetero) is 1. The highest BCUT2D eigenvalue weighted by atomic mass is 32.1. The van der Waals surface area contributed by atoms with E-state index in [0.29, 0.717) is 46.3 Å². The second-order valence-corrected chi connectivity index (χ2v) is 11.2. The normalized spacial score (nSPS) is 19.4. The van der Waals surface area contributed by atoms with Crippen molar-refractivity contribution in [2.75, 3.05) is 18.6 Å². The Kier molecular flexibility index (Phi) is 7.13. The Labute approximate surface area is 241 Å². The van der Waals surface area contributed by atoms with Crippen LogP contribution in [-0.4, -0.2) is 41.6 Å². The summed E-state index contributed by atoms with van der Waals surface area (Å²) >= 11 is 1.29. The van der Waals surface area contributed by atoms with E-state index in [9.17, 15) is 14.7 Å². The van der Waals surface area contributed by atoms with Crippen molar-refractivity contribution in [3.8, 4) is 17.2 Å². The first-order valence-electron chi connectivity index (χ1n) is 13.7. The Bertz CT molecular complexity index is 1680. The van der Waals surface area contributed by atoms with Gasteiger partial charge in [-0.3, -0.25) is 14.5 Å². The predicted octanol–water partition coefficient (Wildman–Crippen LogP) is 6.43. The number of aromatic nitrogens is 1. The molecular formula is C32H30N2O6S. The van der Waals surface area contributed by atoms with Crippen molar-refractivity contribution in [3.63, 3.8) is 0 Å². The van der Waals surface area contributed by atoms with E-state index in [-0.39, 0.29) is 17.4 Å². The number of unbranched alkanes of at least 4 members (excludes halogenated alkanes) is 1. The number of ether oxygens (including phenoxy) is 3. The Morgan fingerprint density at radius 3 is 2.63 bits per heavy atom. The number of anilines is 1. The lowest BCUT2D eigenvalue weighted by atomic mass is 9.94. The summed E-state index contributed by atoms with van der Waals surface area (Å²) < 4.78 is 17.8. The SMILES string of the molecule is CCCCOc1ccc([C@H]2/C(=C(\O)c3ccc4c(c3)C[C@H](C)O4)C(=O)C(=O)N2c2nc3ccc(OC)cc3s2)cc1. The number of fused-ring (bicyclic) bond motifs is 2. The average molecular weight is 571 g/mol. The highest BCUT2D eigenvalue weighted by Crippen LogP contribution is 2.45. The summed E-state index contributed by atoms with van der Waals surface area (Å²) in [7, 11) is 1.59. The highest BCUT2D eigenvalue weighted by molar-refractivity contribution is 7.22. The van der Waals surface area contributed by atoms with Crippen LogP contribution < -0.4 is 19.1 Å². The smallest absolute Gasteiger partial charge is 0.301 e. The van der Waals surface area contributed by atoms with Gasteiger partial charge >= 0.3 is 5.91 Å². The van der Waals surface area contributed by atoms with E-state index in [1.54, 1.807) is 25.3 Å². The van der Waals surface area contributed by atoms with E-state index in [4.69, 9.17) is 19.2 Å². The van der Waals surface area contributed by atoms with Gasteiger partial charge in [-0.25, -0.2) is 4.98 Å². The van der Waals surface area contributed by atoms with Gasteiger partial charge in [-0.1, -0.05) is 36.8 Å². The standard InChI is InChI=1S/C32H30N2O6S/c1-4-5-14-39-22-9-6-19(7-10-22)28-27(29(35)20-8-13-25-21(16-20)15-18(2)40-25)30(36)31(37)34(28)32-33-24-12-11-23(38-3)17-26(24)41-32/h6-13,16-18,28,35H,4-5,14-15H2,1-3H3/b29-27+/t18-,28-/m0/s1. The number of methoxy groups -OCH3 is 1. The molecule has 1 fully saturated rings. The Balaban J connectivity index is 1.47. The van der Waals surface area contributed by atoms with E-state index in [0.717, 1.165) is 28.9 Å². The first-order valence-corrected chi connectivity index (χ1v) is 14.5.